The Kier molecular flexibility index (Phi) is 11.8. The average Bonchev–Trinajstić information content (AvgIpc) is 2.84. The van der Waals surface area contributed by atoms with Crippen molar-refractivity contribution in [3.63, 3.8) is 0 Å². The van der Waals surface area contributed by atoms with E-state index in [1.54, 1.807) is 38.4 Å². The SMILES string of the molecule is COC(=O)C(CCC(=O)N(C)C)NC(=O)C(CC1CCCCC1)NC(=O)OCc1cccc(Cl)c1. The second kappa shape index (κ2) is 14.6. The number of nitrogens with one attached hydrogen (secondary N) is 2. The lowest BCUT2D eigenvalue weighted by molar-refractivity contribution is -0.145. The Morgan fingerprint density at radius 3 is 2.43 bits per heavy atom. The number of halogens is 1. The third kappa shape index (κ3) is 10.1. The van der Waals surface area contributed by atoms with Crippen LogP contribution in [0.2, 0.25) is 5.02 Å². The molecule has 0 saturated heterocycles. The maximum Gasteiger partial charge on any atom is 0.408 e. The van der Waals surface area contributed by atoms with Crippen LogP contribution in [-0.2, 0) is 30.5 Å². The smallest absolute Gasteiger partial charge is 0.408 e. The molecular formula is C25H36ClN3O6. The Bertz CT molecular complexity index is 873. The molecule has 194 valence electrons. The van der Waals surface area contributed by atoms with E-state index in [0.29, 0.717) is 11.4 Å². The predicted molar refractivity (Wildman–Crippen MR) is 132 cm³/mol. The predicted octanol–water partition coefficient (Wildman–Crippen LogP) is 3.43. The van der Waals surface area contributed by atoms with Crippen molar-refractivity contribution >= 4 is 35.5 Å². The number of benzene rings is 1. The van der Waals surface area contributed by atoms with E-state index in [9.17, 15) is 19.2 Å². The number of methoxy groups -OCH3 is 1. The summed E-state index contributed by atoms with van der Waals surface area (Å²) in [4.78, 5) is 51.4. The largest absolute Gasteiger partial charge is 0.467 e. The molecule has 2 unspecified atom stereocenters. The van der Waals surface area contributed by atoms with Gasteiger partial charge in [-0.05, 0) is 36.5 Å². The summed E-state index contributed by atoms with van der Waals surface area (Å²) in [5.74, 6) is -1.05. The number of carbonyl (C=O) groups excluding carboxylic acids is 4. The first-order chi connectivity index (χ1) is 16.7. The summed E-state index contributed by atoms with van der Waals surface area (Å²) in [6.07, 6.45) is 5.11. The van der Waals surface area contributed by atoms with E-state index in [1.165, 1.54) is 12.0 Å². The van der Waals surface area contributed by atoms with E-state index >= 15 is 0 Å². The van der Waals surface area contributed by atoms with Gasteiger partial charge >= 0.3 is 12.1 Å². The maximum atomic E-state index is 13.2. The number of amides is 3. The van der Waals surface area contributed by atoms with Crippen LogP contribution in [0.5, 0.6) is 0 Å². The van der Waals surface area contributed by atoms with Gasteiger partial charge in [-0.25, -0.2) is 9.59 Å². The van der Waals surface area contributed by atoms with Gasteiger partial charge < -0.3 is 25.0 Å². The minimum absolute atomic E-state index is 0.00158. The van der Waals surface area contributed by atoms with Crippen molar-refractivity contribution in [2.45, 2.75) is 70.1 Å². The number of nitrogens with zero attached hydrogens (tertiary/aromatic N) is 1. The monoisotopic (exact) mass is 509 g/mol. The highest BCUT2D eigenvalue weighted by Gasteiger charge is 2.30. The van der Waals surface area contributed by atoms with Crippen molar-refractivity contribution in [3.05, 3.63) is 34.9 Å². The van der Waals surface area contributed by atoms with E-state index in [-0.39, 0.29) is 31.3 Å². The molecule has 1 aliphatic carbocycles. The molecule has 9 nitrogen and oxygen atoms in total. The topological polar surface area (TPSA) is 114 Å². The summed E-state index contributed by atoms with van der Waals surface area (Å²) in [6.45, 7) is 0.00158. The zero-order valence-electron chi connectivity index (χ0n) is 20.7. The number of hydrogen-bond acceptors (Lipinski definition) is 6. The van der Waals surface area contributed by atoms with Gasteiger partial charge in [0.05, 0.1) is 7.11 Å². The Morgan fingerprint density at radius 2 is 1.80 bits per heavy atom. The highest BCUT2D eigenvalue weighted by Crippen LogP contribution is 2.27. The molecule has 0 aromatic heterocycles. The van der Waals surface area contributed by atoms with Crippen LogP contribution in [0.4, 0.5) is 4.79 Å². The molecule has 3 amide bonds. The molecule has 1 aliphatic rings. The van der Waals surface area contributed by atoms with Crippen molar-refractivity contribution in [1.82, 2.24) is 15.5 Å². The molecule has 0 aliphatic heterocycles. The third-order valence-electron chi connectivity index (χ3n) is 6.11. The Balaban J connectivity index is 2.05. The highest BCUT2D eigenvalue weighted by atomic mass is 35.5. The molecule has 0 bridgehead atoms. The molecule has 1 aromatic carbocycles. The molecule has 10 heteroatoms. The summed E-state index contributed by atoms with van der Waals surface area (Å²) in [6, 6.07) is 5.06. The van der Waals surface area contributed by atoms with Crippen LogP contribution in [0.1, 0.15) is 56.9 Å². The molecule has 2 rings (SSSR count). The van der Waals surface area contributed by atoms with Crippen LogP contribution >= 0.6 is 11.6 Å². The fourth-order valence-corrected chi connectivity index (χ4v) is 4.32. The molecule has 1 fully saturated rings. The van der Waals surface area contributed by atoms with Gasteiger partial charge in [0, 0.05) is 25.5 Å². The van der Waals surface area contributed by atoms with Crippen LogP contribution in [0, 0.1) is 5.92 Å². The number of esters is 1. The molecule has 1 saturated carbocycles. The summed E-state index contributed by atoms with van der Waals surface area (Å²) >= 11 is 5.97. The fraction of sp³-hybridized carbons (Fsp3) is 0.600. The molecule has 35 heavy (non-hydrogen) atoms. The van der Waals surface area contributed by atoms with Crippen molar-refractivity contribution < 1.29 is 28.7 Å². The number of ether oxygens (including phenoxy) is 2. The second-order valence-corrected chi connectivity index (χ2v) is 9.49. The normalized spacial score (nSPS) is 15.4. The summed E-state index contributed by atoms with van der Waals surface area (Å²) < 4.78 is 10.1. The molecule has 0 spiro atoms. The average molecular weight is 510 g/mol. The maximum absolute atomic E-state index is 13.2. The lowest BCUT2D eigenvalue weighted by atomic mass is 9.84. The van der Waals surface area contributed by atoms with Gasteiger partial charge in [-0.15, -0.1) is 0 Å². The van der Waals surface area contributed by atoms with Crippen molar-refractivity contribution in [3.8, 4) is 0 Å². The van der Waals surface area contributed by atoms with Gasteiger partial charge in [0.25, 0.3) is 0 Å². The highest BCUT2D eigenvalue weighted by molar-refractivity contribution is 6.30. The van der Waals surface area contributed by atoms with E-state index in [4.69, 9.17) is 21.1 Å². The zero-order valence-corrected chi connectivity index (χ0v) is 21.4. The Morgan fingerprint density at radius 1 is 1.09 bits per heavy atom. The first-order valence-electron chi connectivity index (χ1n) is 12.0. The number of carbonyl (C=O) groups is 4. The van der Waals surface area contributed by atoms with Gasteiger partial charge in [0.2, 0.25) is 11.8 Å². The Labute approximate surface area is 211 Å². The van der Waals surface area contributed by atoms with E-state index in [0.717, 1.165) is 37.7 Å². The van der Waals surface area contributed by atoms with Gasteiger partial charge in [-0.3, -0.25) is 9.59 Å². The molecular weight excluding hydrogens is 474 g/mol. The first-order valence-corrected chi connectivity index (χ1v) is 12.3. The van der Waals surface area contributed by atoms with Crippen LogP contribution in [0.15, 0.2) is 24.3 Å². The second-order valence-electron chi connectivity index (χ2n) is 9.05. The molecule has 2 atom stereocenters. The van der Waals surface area contributed by atoms with E-state index in [2.05, 4.69) is 10.6 Å². The standard InChI is InChI=1S/C25H36ClN3O6/c1-29(2)22(30)13-12-20(24(32)34-3)27-23(31)21(15-17-8-5-4-6-9-17)28-25(33)35-16-18-10-7-11-19(26)14-18/h7,10-11,14,17,20-21H,4-6,8-9,12-13,15-16H2,1-3H3,(H,27,31)(H,28,33). The molecule has 2 N–H and O–H groups in total. The van der Waals surface area contributed by atoms with E-state index < -0.39 is 30.1 Å². The molecule has 0 heterocycles. The number of rotatable bonds is 11. The zero-order chi connectivity index (χ0) is 25.8. The van der Waals surface area contributed by atoms with Crippen LogP contribution in [0.3, 0.4) is 0 Å². The van der Waals surface area contributed by atoms with Crippen molar-refractivity contribution in [2.24, 2.45) is 5.92 Å². The van der Waals surface area contributed by atoms with E-state index in [1.807, 2.05) is 0 Å². The molecule has 1 aromatic rings. The minimum atomic E-state index is -1.01. The summed E-state index contributed by atoms with van der Waals surface area (Å²) in [5.41, 5.74) is 0.720. The van der Waals surface area contributed by atoms with Gasteiger partial charge in [0.1, 0.15) is 18.7 Å². The molecule has 0 radical (unpaired) electrons. The van der Waals surface area contributed by atoms with Gasteiger partial charge in [-0.2, -0.15) is 0 Å². The van der Waals surface area contributed by atoms with Crippen molar-refractivity contribution in [2.75, 3.05) is 21.2 Å². The minimum Gasteiger partial charge on any atom is -0.467 e. The number of hydrogen-bond donors (Lipinski definition) is 2. The first kappa shape index (κ1) is 28.4. The van der Waals surface area contributed by atoms with Gasteiger partial charge in [-0.1, -0.05) is 55.8 Å². The third-order valence-corrected chi connectivity index (χ3v) is 6.34. The lowest BCUT2D eigenvalue weighted by Crippen LogP contribution is -2.52. The van der Waals surface area contributed by atoms with Crippen molar-refractivity contribution in [1.29, 1.82) is 0 Å². The Hall–Kier alpha value is -2.81. The van der Waals surface area contributed by atoms with Gasteiger partial charge in [0.15, 0.2) is 0 Å². The lowest BCUT2D eigenvalue weighted by Gasteiger charge is -2.27. The van der Waals surface area contributed by atoms with Crippen LogP contribution in [-0.4, -0.2) is 62.1 Å². The summed E-state index contributed by atoms with van der Waals surface area (Å²) in [5, 5.41) is 5.86. The van der Waals surface area contributed by atoms with Crippen LogP contribution < -0.4 is 10.6 Å². The van der Waals surface area contributed by atoms with Crippen LogP contribution in [0.25, 0.3) is 0 Å². The number of alkyl carbamates (subject to hydrolysis) is 1. The fourth-order valence-electron chi connectivity index (χ4n) is 4.10. The summed E-state index contributed by atoms with van der Waals surface area (Å²) in [7, 11) is 4.46. The quantitative estimate of drug-likeness (QED) is 0.442.